The van der Waals surface area contributed by atoms with Gasteiger partial charge < -0.3 is 19.7 Å². The fraction of sp³-hybridized carbons (Fsp3) is 0.520. The Morgan fingerprint density at radius 1 is 1.00 bits per heavy atom. The summed E-state index contributed by atoms with van der Waals surface area (Å²) in [5.74, 6) is 0.935. The molecular weight excluding hydrogens is 400 g/mol. The van der Waals surface area contributed by atoms with E-state index in [2.05, 4.69) is 18.2 Å². The first kappa shape index (κ1) is 21.6. The van der Waals surface area contributed by atoms with Crippen LogP contribution in [0.1, 0.15) is 67.7 Å². The van der Waals surface area contributed by atoms with Gasteiger partial charge in [-0.1, -0.05) is 42.3 Å². The second kappa shape index (κ2) is 10.1. The summed E-state index contributed by atoms with van der Waals surface area (Å²) in [6.07, 6.45) is 7.21. The SMILES string of the molecule is OCC1CC(O)CC(c2ccc(Cl)c(Cc3ccc(OC4CCCCC4)cc3)c2)O1. The summed E-state index contributed by atoms with van der Waals surface area (Å²) in [5, 5.41) is 20.3. The lowest BCUT2D eigenvalue weighted by Crippen LogP contribution is -2.33. The van der Waals surface area contributed by atoms with Gasteiger partial charge in [0, 0.05) is 17.9 Å². The number of ether oxygens (including phenoxy) is 2. The molecule has 4 rings (SSSR count). The van der Waals surface area contributed by atoms with Gasteiger partial charge in [0.1, 0.15) is 5.75 Å². The molecule has 1 aliphatic carbocycles. The smallest absolute Gasteiger partial charge is 0.119 e. The van der Waals surface area contributed by atoms with E-state index in [0.717, 1.165) is 41.2 Å². The van der Waals surface area contributed by atoms with Crippen molar-refractivity contribution in [2.24, 2.45) is 0 Å². The minimum absolute atomic E-state index is 0.0801. The van der Waals surface area contributed by atoms with Crippen LogP contribution in [0.2, 0.25) is 5.02 Å². The number of halogens is 1. The fourth-order valence-electron chi connectivity index (χ4n) is 4.53. The molecule has 0 spiro atoms. The normalized spacial score (nSPS) is 25.2. The molecule has 4 nitrogen and oxygen atoms in total. The van der Waals surface area contributed by atoms with E-state index >= 15 is 0 Å². The van der Waals surface area contributed by atoms with Crippen LogP contribution in [0.15, 0.2) is 42.5 Å². The second-order valence-corrected chi connectivity index (χ2v) is 9.01. The standard InChI is InChI=1S/C25H31ClO4/c26-24-11-8-18(25-15-20(28)14-23(16-27)30-25)13-19(24)12-17-6-9-22(10-7-17)29-21-4-2-1-3-5-21/h6-11,13,20-21,23,25,27-28H,1-5,12,14-16H2. The molecule has 0 bridgehead atoms. The van der Waals surface area contributed by atoms with Gasteiger partial charge in [-0.05, 0) is 67.0 Å². The van der Waals surface area contributed by atoms with Crippen LogP contribution in [0, 0.1) is 0 Å². The van der Waals surface area contributed by atoms with E-state index in [4.69, 9.17) is 21.1 Å². The molecule has 3 atom stereocenters. The highest BCUT2D eigenvalue weighted by Gasteiger charge is 2.29. The zero-order valence-electron chi connectivity index (χ0n) is 17.3. The molecule has 3 unspecified atom stereocenters. The number of hydrogen-bond donors (Lipinski definition) is 2. The van der Waals surface area contributed by atoms with Gasteiger partial charge >= 0.3 is 0 Å². The van der Waals surface area contributed by atoms with Crippen LogP contribution in [-0.4, -0.2) is 35.1 Å². The minimum atomic E-state index is -0.461. The summed E-state index contributed by atoms with van der Waals surface area (Å²) in [6, 6.07) is 14.2. The van der Waals surface area contributed by atoms with Crippen LogP contribution in [-0.2, 0) is 11.2 Å². The van der Waals surface area contributed by atoms with Crippen LogP contribution in [0.25, 0.3) is 0 Å². The highest BCUT2D eigenvalue weighted by Crippen LogP contribution is 2.34. The molecule has 2 aliphatic rings. The molecular formula is C25H31ClO4. The van der Waals surface area contributed by atoms with Crippen LogP contribution in [0.5, 0.6) is 5.75 Å². The van der Waals surface area contributed by atoms with Crippen molar-refractivity contribution >= 4 is 11.6 Å². The van der Waals surface area contributed by atoms with Crippen molar-refractivity contribution in [3.05, 3.63) is 64.2 Å². The second-order valence-electron chi connectivity index (χ2n) is 8.60. The number of aliphatic hydroxyl groups is 2. The summed E-state index contributed by atoms with van der Waals surface area (Å²) < 4.78 is 12.1. The van der Waals surface area contributed by atoms with Gasteiger partial charge in [-0.15, -0.1) is 0 Å². The Hall–Kier alpha value is -1.59. The molecule has 1 saturated carbocycles. The van der Waals surface area contributed by atoms with Crippen molar-refractivity contribution in [2.75, 3.05) is 6.61 Å². The van der Waals surface area contributed by atoms with E-state index in [1.165, 1.54) is 24.8 Å². The Bertz CT molecular complexity index is 816. The van der Waals surface area contributed by atoms with Crippen molar-refractivity contribution in [1.29, 1.82) is 0 Å². The number of aliphatic hydroxyl groups excluding tert-OH is 2. The molecule has 162 valence electrons. The number of hydrogen-bond acceptors (Lipinski definition) is 4. The molecule has 0 amide bonds. The summed E-state index contributed by atoms with van der Waals surface area (Å²) in [7, 11) is 0. The third kappa shape index (κ3) is 5.55. The third-order valence-corrected chi connectivity index (χ3v) is 6.56. The summed E-state index contributed by atoms with van der Waals surface area (Å²) in [4.78, 5) is 0. The molecule has 0 aromatic heterocycles. The predicted molar refractivity (Wildman–Crippen MR) is 118 cm³/mol. The topological polar surface area (TPSA) is 58.9 Å². The molecule has 30 heavy (non-hydrogen) atoms. The molecule has 2 fully saturated rings. The molecule has 1 aliphatic heterocycles. The first-order valence-electron chi connectivity index (χ1n) is 11.1. The summed E-state index contributed by atoms with van der Waals surface area (Å²) >= 11 is 6.47. The van der Waals surface area contributed by atoms with Gasteiger partial charge in [0.25, 0.3) is 0 Å². The van der Waals surface area contributed by atoms with Crippen molar-refractivity contribution in [3.63, 3.8) is 0 Å². The third-order valence-electron chi connectivity index (χ3n) is 6.20. The van der Waals surface area contributed by atoms with E-state index in [-0.39, 0.29) is 18.8 Å². The Morgan fingerprint density at radius 3 is 2.50 bits per heavy atom. The lowest BCUT2D eigenvalue weighted by Gasteiger charge is -2.32. The maximum absolute atomic E-state index is 10.1. The van der Waals surface area contributed by atoms with Crippen LogP contribution < -0.4 is 4.74 Å². The van der Waals surface area contributed by atoms with Gasteiger partial charge in [-0.25, -0.2) is 0 Å². The molecule has 1 saturated heterocycles. The van der Waals surface area contributed by atoms with Gasteiger partial charge in [0.2, 0.25) is 0 Å². The van der Waals surface area contributed by atoms with E-state index in [1.54, 1.807) is 0 Å². The average Bonchev–Trinajstić information content (AvgIpc) is 2.77. The lowest BCUT2D eigenvalue weighted by molar-refractivity contribution is -0.113. The van der Waals surface area contributed by atoms with Gasteiger partial charge in [0.15, 0.2) is 0 Å². The Kier molecular flexibility index (Phi) is 7.32. The molecule has 1 heterocycles. The van der Waals surface area contributed by atoms with Crippen molar-refractivity contribution in [1.82, 2.24) is 0 Å². The molecule has 5 heteroatoms. The quantitative estimate of drug-likeness (QED) is 0.660. The highest BCUT2D eigenvalue weighted by atomic mass is 35.5. The first-order valence-corrected chi connectivity index (χ1v) is 11.5. The molecule has 2 N–H and O–H groups in total. The first-order chi connectivity index (χ1) is 14.6. The zero-order valence-corrected chi connectivity index (χ0v) is 18.1. The predicted octanol–water partition coefficient (Wildman–Crippen LogP) is 5.22. The van der Waals surface area contributed by atoms with Crippen molar-refractivity contribution in [3.8, 4) is 5.75 Å². The average molecular weight is 431 g/mol. The van der Waals surface area contributed by atoms with Gasteiger partial charge in [-0.2, -0.15) is 0 Å². The van der Waals surface area contributed by atoms with Crippen LogP contribution >= 0.6 is 11.6 Å². The Labute approximate surface area is 183 Å². The maximum Gasteiger partial charge on any atom is 0.119 e. The highest BCUT2D eigenvalue weighted by molar-refractivity contribution is 6.31. The summed E-state index contributed by atoms with van der Waals surface area (Å²) in [6.45, 7) is -0.0801. The van der Waals surface area contributed by atoms with Crippen LogP contribution in [0.3, 0.4) is 0 Å². The largest absolute Gasteiger partial charge is 0.490 e. The van der Waals surface area contributed by atoms with E-state index in [1.807, 2.05) is 24.3 Å². The van der Waals surface area contributed by atoms with Gasteiger partial charge in [-0.3, -0.25) is 0 Å². The van der Waals surface area contributed by atoms with Gasteiger partial charge in [0.05, 0.1) is 31.0 Å². The Morgan fingerprint density at radius 2 is 1.77 bits per heavy atom. The number of benzene rings is 2. The van der Waals surface area contributed by atoms with Crippen molar-refractivity contribution in [2.45, 2.75) is 75.8 Å². The lowest BCUT2D eigenvalue weighted by atomic mass is 9.94. The van der Waals surface area contributed by atoms with E-state index in [9.17, 15) is 10.2 Å². The molecule has 0 radical (unpaired) electrons. The number of rotatable bonds is 6. The molecule has 2 aromatic carbocycles. The summed E-state index contributed by atoms with van der Waals surface area (Å²) in [5.41, 5.74) is 3.19. The fourth-order valence-corrected chi connectivity index (χ4v) is 4.72. The molecule has 2 aromatic rings. The van der Waals surface area contributed by atoms with Crippen molar-refractivity contribution < 1.29 is 19.7 Å². The maximum atomic E-state index is 10.1. The van der Waals surface area contributed by atoms with E-state index in [0.29, 0.717) is 18.9 Å². The van der Waals surface area contributed by atoms with E-state index < -0.39 is 6.10 Å². The Balaban J connectivity index is 1.43. The van der Waals surface area contributed by atoms with Crippen LogP contribution in [0.4, 0.5) is 0 Å². The zero-order chi connectivity index (χ0) is 20.9. The minimum Gasteiger partial charge on any atom is -0.490 e. The monoisotopic (exact) mass is 430 g/mol.